The van der Waals surface area contributed by atoms with Gasteiger partial charge < -0.3 is 4.90 Å². The summed E-state index contributed by atoms with van der Waals surface area (Å²) in [6, 6.07) is 11.9. The molecule has 1 saturated heterocycles. The van der Waals surface area contributed by atoms with Crippen molar-refractivity contribution in [3.05, 3.63) is 63.6 Å². The second kappa shape index (κ2) is 8.94. The Labute approximate surface area is 182 Å². The summed E-state index contributed by atoms with van der Waals surface area (Å²) in [5.41, 5.74) is 1.67. The van der Waals surface area contributed by atoms with Gasteiger partial charge in [-0.1, -0.05) is 48.3 Å². The van der Waals surface area contributed by atoms with Crippen molar-refractivity contribution in [3.8, 4) is 0 Å². The van der Waals surface area contributed by atoms with Gasteiger partial charge in [-0.05, 0) is 48.6 Å². The molecule has 0 bridgehead atoms. The topological polar surface area (TPSA) is 57.7 Å². The first kappa shape index (κ1) is 21.9. The van der Waals surface area contributed by atoms with Gasteiger partial charge in [-0.3, -0.25) is 9.10 Å². The highest BCUT2D eigenvalue weighted by Crippen LogP contribution is 2.34. The maximum absolute atomic E-state index is 12.7. The maximum Gasteiger partial charge on any atom is 0.253 e. The molecule has 3 rings (SSSR count). The van der Waals surface area contributed by atoms with Crippen LogP contribution in [-0.2, 0) is 16.6 Å². The zero-order chi connectivity index (χ0) is 21.2. The molecule has 2 aromatic rings. The zero-order valence-corrected chi connectivity index (χ0v) is 18.8. The first-order chi connectivity index (χ1) is 13.7. The third-order valence-corrected chi connectivity index (χ3v) is 7.01. The number of benzene rings is 2. The van der Waals surface area contributed by atoms with Gasteiger partial charge in [0.2, 0.25) is 10.0 Å². The number of likely N-dealkylation sites (tertiary alicyclic amines) is 1. The highest BCUT2D eigenvalue weighted by Gasteiger charge is 2.23. The highest BCUT2D eigenvalue weighted by molar-refractivity contribution is 7.92. The molecule has 0 N–H and O–H groups in total. The van der Waals surface area contributed by atoms with Crippen LogP contribution in [0.25, 0.3) is 0 Å². The Hall–Kier alpha value is -1.76. The molecule has 1 aliphatic heterocycles. The normalized spacial score (nSPS) is 17.2. The highest BCUT2D eigenvalue weighted by atomic mass is 35.5. The van der Waals surface area contributed by atoms with Gasteiger partial charge in [-0.2, -0.15) is 0 Å². The molecule has 156 valence electrons. The molecule has 0 radical (unpaired) electrons. The molecule has 2 aromatic carbocycles. The summed E-state index contributed by atoms with van der Waals surface area (Å²) in [4.78, 5) is 14.6. The molecule has 1 unspecified atom stereocenters. The maximum atomic E-state index is 12.7. The molecule has 1 atom stereocenters. The molecular weight excluding hydrogens is 431 g/mol. The van der Waals surface area contributed by atoms with Gasteiger partial charge in [0.1, 0.15) is 0 Å². The Morgan fingerprint density at radius 3 is 2.48 bits per heavy atom. The van der Waals surface area contributed by atoms with Crippen LogP contribution >= 0.6 is 23.2 Å². The van der Waals surface area contributed by atoms with Crippen LogP contribution in [0.2, 0.25) is 10.0 Å². The molecule has 1 heterocycles. The minimum absolute atomic E-state index is 0.0148. The summed E-state index contributed by atoms with van der Waals surface area (Å²) in [5, 5.41) is 0.472. The molecule has 1 amide bonds. The van der Waals surface area contributed by atoms with Gasteiger partial charge in [-0.15, -0.1) is 0 Å². The second-order valence-corrected chi connectivity index (χ2v) is 10.2. The summed E-state index contributed by atoms with van der Waals surface area (Å²) >= 11 is 12.3. The standard InChI is InChI=1S/C21H24Cl2N2O3S/c1-15-5-4-12-24(13-15)21(26)17-10-8-16(9-11-17)14-25(29(2,27)28)19-7-3-6-18(22)20(19)23/h3,6-11,15H,4-5,12-14H2,1-2H3. The Bertz CT molecular complexity index is 993. The number of rotatable bonds is 5. The lowest BCUT2D eigenvalue weighted by Crippen LogP contribution is -2.39. The Morgan fingerprint density at radius 2 is 1.86 bits per heavy atom. The number of hydrogen-bond acceptors (Lipinski definition) is 3. The number of carbonyl (C=O) groups excluding carboxylic acids is 1. The monoisotopic (exact) mass is 454 g/mol. The van der Waals surface area contributed by atoms with Crippen molar-refractivity contribution < 1.29 is 13.2 Å². The number of anilines is 1. The van der Waals surface area contributed by atoms with Crippen LogP contribution in [0, 0.1) is 5.92 Å². The number of hydrogen-bond donors (Lipinski definition) is 0. The minimum atomic E-state index is -3.59. The molecule has 8 heteroatoms. The average Bonchev–Trinajstić information content (AvgIpc) is 2.68. The smallest absolute Gasteiger partial charge is 0.253 e. The van der Waals surface area contributed by atoms with Crippen LogP contribution in [0.1, 0.15) is 35.7 Å². The quantitative estimate of drug-likeness (QED) is 0.649. The summed E-state index contributed by atoms with van der Waals surface area (Å²) < 4.78 is 26.0. The van der Waals surface area contributed by atoms with Crippen LogP contribution in [0.4, 0.5) is 5.69 Å². The lowest BCUT2D eigenvalue weighted by atomic mass is 9.99. The summed E-state index contributed by atoms with van der Waals surface area (Å²) in [5.74, 6) is 0.527. The first-order valence-corrected chi connectivity index (χ1v) is 12.1. The average molecular weight is 455 g/mol. The van der Waals surface area contributed by atoms with Crippen molar-refractivity contribution in [3.63, 3.8) is 0 Å². The summed E-state index contributed by atoms with van der Waals surface area (Å²) in [7, 11) is -3.59. The lowest BCUT2D eigenvalue weighted by Gasteiger charge is -2.31. The summed E-state index contributed by atoms with van der Waals surface area (Å²) in [6.07, 6.45) is 3.30. The van der Waals surface area contributed by atoms with Gasteiger partial charge in [-0.25, -0.2) is 8.42 Å². The van der Waals surface area contributed by atoms with E-state index in [4.69, 9.17) is 23.2 Å². The number of sulfonamides is 1. The van der Waals surface area contributed by atoms with Crippen LogP contribution < -0.4 is 4.31 Å². The van der Waals surface area contributed by atoms with Crippen molar-refractivity contribution in [2.24, 2.45) is 5.92 Å². The zero-order valence-electron chi connectivity index (χ0n) is 16.4. The molecule has 1 aliphatic rings. The number of amides is 1. The Balaban J connectivity index is 1.81. The van der Waals surface area contributed by atoms with Crippen LogP contribution in [0.3, 0.4) is 0 Å². The SMILES string of the molecule is CC1CCCN(C(=O)c2ccc(CN(c3cccc(Cl)c3Cl)S(C)(=O)=O)cc2)C1. The molecule has 29 heavy (non-hydrogen) atoms. The van der Waals surface area contributed by atoms with Gasteiger partial charge in [0.15, 0.2) is 0 Å². The molecule has 0 aromatic heterocycles. The predicted octanol–water partition coefficient (Wildman–Crippen LogP) is 4.83. The van der Waals surface area contributed by atoms with E-state index < -0.39 is 10.0 Å². The van der Waals surface area contributed by atoms with E-state index in [9.17, 15) is 13.2 Å². The van der Waals surface area contributed by atoms with Crippen LogP contribution in [0.5, 0.6) is 0 Å². The van der Waals surface area contributed by atoms with Crippen LogP contribution in [-0.4, -0.2) is 38.6 Å². The lowest BCUT2D eigenvalue weighted by molar-refractivity contribution is 0.0683. The fourth-order valence-electron chi connectivity index (χ4n) is 3.54. The summed E-state index contributed by atoms with van der Waals surface area (Å²) in [6.45, 7) is 3.80. The van der Waals surface area contributed by atoms with E-state index in [1.54, 1.807) is 42.5 Å². The molecule has 5 nitrogen and oxygen atoms in total. The van der Waals surface area contributed by atoms with Crippen molar-refractivity contribution >= 4 is 44.8 Å². The third-order valence-electron chi connectivity index (χ3n) is 5.07. The molecular formula is C21H24Cl2N2O3S. The number of nitrogens with zero attached hydrogens (tertiary/aromatic N) is 2. The second-order valence-electron chi connectivity index (χ2n) is 7.54. The minimum Gasteiger partial charge on any atom is -0.338 e. The van der Waals surface area contributed by atoms with Gasteiger partial charge >= 0.3 is 0 Å². The van der Waals surface area contributed by atoms with Crippen molar-refractivity contribution in [2.75, 3.05) is 23.7 Å². The van der Waals surface area contributed by atoms with Crippen LogP contribution in [0.15, 0.2) is 42.5 Å². The van der Waals surface area contributed by atoms with E-state index in [2.05, 4.69) is 6.92 Å². The molecule has 0 spiro atoms. The number of piperidine rings is 1. The number of carbonyl (C=O) groups is 1. The van der Waals surface area contributed by atoms with Gasteiger partial charge in [0, 0.05) is 18.7 Å². The van der Waals surface area contributed by atoms with E-state index in [0.717, 1.165) is 37.8 Å². The van der Waals surface area contributed by atoms with Crippen molar-refractivity contribution in [1.82, 2.24) is 4.90 Å². The fraction of sp³-hybridized carbons (Fsp3) is 0.381. The number of halogens is 2. The third kappa shape index (κ3) is 5.24. The van der Waals surface area contributed by atoms with Crippen molar-refractivity contribution in [1.29, 1.82) is 0 Å². The van der Waals surface area contributed by atoms with E-state index in [0.29, 0.717) is 17.2 Å². The van der Waals surface area contributed by atoms with E-state index in [-0.39, 0.29) is 22.5 Å². The predicted molar refractivity (Wildman–Crippen MR) is 118 cm³/mol. The van der Waals surface area contributed by atoms with Gasteiger partial charge in [0.25, 0.3) is 5.91 Å². The molecule has 0 aliphatic carbocycles. The van der Waals surface area contributed by atoms with Gasteiger partial charge in [0.05, 0.1) is 28.5 Å². The first-order valence-electron chi connectivity index (χ1n) is 9.46. The molecule has 1 fully saturated rings. The van der Waals surface area contributed by atoms with E-state index in [1.807, 2.05) is 4.90 Å². The fourth-order valence-corrected chi connectivity index (χ4v) is 4.88. The Morgan fingerprint density at radius 1 is 1.17 bits per heavy atom. The Kier molecular flexibility index (Phi) is 6.76. The van der Waals surface area contributed by atoms with E-state index >= 15 is 0 Å². The van der Waals surface area contributed by atoms with E-state index in [1.165, 1.54) is 4.31 Å². The largest absolute Gasteiger partial charge is 0.338 e. The molecule has 0 saturated carbocycles. The van der Waals surface area contributed by atoms with Crippen molar-refractivity contribution in [2.45, 2.75) is 26.3 Å².